The zero-order valence-electron chi connectivity index (χ0n) is 19.4. The molecular formula is C27H26N4O2S. The summed E-state index contributed by atoms with van der Waals surface area (Å²) in [4.78, 5) is 12.0. The highest BCUT2D eigenvalue weighted by molar-refractivity contribution is 8.16. The number of anilines is 2. The Kier molecular flexibility index (Phi) is 5.87. The number of nitrogens with zero attached hydrogens (tertiary/aromatic N) is 4. The molecule has 0 bridgehead atoms. The van der Waals surface area contributed by atoms with Gasteiger partial charge in [-0.1, -0.05) is 61.5 Å². The number of hydrogen-bond acceptors (Lipinski definition) is 7. The number of fused-ring (bicyclic) bond motifs is 2. The van der Waals surface area contributed by atoms with Crippen molar-refractivity contribution in [2.75, 3.05) is 16.6 Å². The molecule has 0 aliphatic carbocycles. The molecule has 0 unspecified atom stereocenters. The molecule has 2 heterocycles. The SMILES string of the molecule is CCOC(=O)C1=NN(c2cccc(C)c2)[C@@]2(S1)c1ccccc1C(CC)=NN2c1ccccc1. The second-order valence-electron chi connectivity index (χ2n) is 8.08. The van der Waals surface area contributed by atoms with Crippen LogP contribution in [0.5, 0.6) is 0 Å². The van der Waals surface area contributed by atoms with Gasteiger partial charge in [0.15, 0.2) is 0 Å². The van der Waals surface area contributed by atoms with Crippen LogP contribution in [0.3, 0.4) is 0 Å². The summed E-state index contributed by atoms with van der Waals surface area (Å²) < 4.78 is 5.37. The molecule has 5 rings (SSSR count). The molecule has 0 N–H and O–H groups in total. The largest absolute Gasteiger partial charge is 0.461 e. The standard InChI is InChI=1S/C27H26N4O2S/c1-4-24-22-16-9-10-17-23(22)27(30(28-24)20-13-7-6-8-14-20)31(21-15-11-12-19(3)18-21)29-25(34-27)26(32)33-5-2/h6-18H,4-5H2,1-3H3/t27-/m1/s1. The fraction of sp³-hybridized carbons (Fsp3) is 0.222. The van der Waals surface area contributed by atoms with Gasteiger partial charge < -0.3 is 4.74 Å². The molecule has 0 saturated carbocycles. The predicted octanol–water partition coefficient (Wildman–Crippen LogP) is 5.87. The Labute approximate surface area is 203 Å². The topological polar surface area (TPSA) is 57.5 Å². The van der Waals surface area contributed by atoms with E-state index in [9.17, 15) is 4.79 Å². The average Bonchev–Trinajstić information content (AvgIpc) is 3.26. The number of benzene rings is 3. The first-order valence-corrected chi connectivity index (χ1v) is 12.2. The monoisotopic (exact) mass is 470 g/mol. The highest BCUT2D eigenvalue weighted by Gasteiger charge is 2.56. The Morgan fingerprint density at radius 2 is 1.62 bits per heavy atom. The maximum Gasteiger partial charge on any atom is 0.365 e. The van der Waals surface area contributed by atoms with Crippen molar-refractivity contribution in [2.45, 2.75) is 32.2 Å². The number of rotatable bonds is 5. The van der Waals surface area contributed by atoms with Gasteiger partial charge in [-0.3, -0.25) is 0 Å². The fourth-order valence-electron chi connectivity index (χ4n) is 4.37. The second-order valence-corrected chi connectivity index (χ2v) is 9.24. The lowest BCUT2D eigenvalue weighted by Gasteiger charge is -2.47. The van der Waals surface area contributed by atoms with Crippen molar-refractivity contribution >= 4 is 39.9 Å². The molecular weight excluding hydrogens is 444 g/mol. The highest BCUT2D eigenvalue weighted by Crippen LogP contribution is 2.54. The van der Waals surface area contributed by atoms with Gasteiger partial charge in [0.1, 0.15) is 0 Å². The first-order chi connectivity index (χ1) is 16.6. The molecule has 172 valence electrons. The van der Waals surface area contributed by atoms with Gasteiger partial charge >= 0.3 is 5.97 Å². The smallest absolute Gasteiger partial charge is 0.365 e. The Morgan fingerprint density at radius 3 is 2.35 bits per heavy atom. The van der Waals surface area contributed by atoms with Crippen LogP contribution in [0.1, 0.15) is 37.0 Å². The van der Waals surface area contributed by atoms with E-state index in [1.807, 2.05) is 77.6 Å². The van der Waals surface area contributed by atoms with Gasteiger partial charge in [-0.05, 0) is 61.9 Å². The Morgan fingerprint density at radius 1 is 0.912 bits per heavy atom. The van der Waals surface area contributed by atoms with E-state index >= 15 is 0 Å². The Balaban J connectivity index is 1.80. The maximum absolute atomic E-state index is 12.9. The highest BCUT2D eigenvalue weighted by atomic mass is 32.2. The third kappa shape index (κ3) is 3.56. The number of esters is 1. The van der Waals surface area contributed by atoms with Crippen molar-refractivity contribution in [3.8, 4) is 0 Å². The van der Waals surface area contributed by atoms with E-state index in [0.29, 0.717) is 5.04 Å². The van der Waals surface area contributed by atoms with E-state index in [1.165, 1.54) is 11.8 Å². The number of ether oxygens (including phenoxy) is 1. The number of thioether (sulfide) groups is 1. The van der Waals surface area contributed by atoms with Gasteiger partial charge in [-0.15, -0.1) is 0 Å². The van der Waals surface area contributed by atoms with E-state index in [0.717, 1.165) is 40.2 Å². The van der Waals surface area contributed by atoms with Gasteiger partial charge in [0.05, 0.1) is 23.7 Å². The van der Waals surface area contributed by atoms with Crippen LogP contribution in [0.2, 0.25) is 0 Å². The number of carbonyl (C=O) groups is 1. The molecule has 2 aliphatic rings. The molecule has 1 atom stereocenters. The third-order valence-corrected chi connectivity index (χ3v) is 7.14. The van der Waals surface area contributed by atoms with Crippen LogP contribution in [0.25, 0.3) is 0 Å². The van der Waals surface area contributed by atoms with Crippen LogP contribution in [0.15, 0.2) is 89.1 Å². The second kappa shape index (κ2) is 8.99. The summed E-state index contributed by atoms with van der Waals surface area (Å²) in [5.74, 6) is -0.433. The average molecular weight is 471 g/mol. The molecule has 7 heteroatoms. The lowest BCUT2D eigenvalue weighted by atomic mass is 9.96. The first kappa shape index (κ1) is 22.2. The maximum atomic E-state index is 12.9. The van der Waals surface area contributed by atoms with Crippen molar-refractivity contribution in [1.29, 1.82) is 0 Å². The zero-order chi connectivity index (χ0) is 23.7. The molecule has 0 fully saturated rings. The molecule has 6 nitrogen and oxygen atoms in total. The van der Waals surface area contributed by atoms with Crippen LogP contribution in [0.4, 0.5) is 11.4 Å². The molecule has 0 saturated heterocycles. The van der Waals surface area contributed by atoms with E-state index in [4.69, 9.17) is 14.9 Å². The van der Waals surface area contributed by atoms with Crippen LogP contribution in [0, 0.1) is 6.92 Å². The van der Waals surface area contributed by atoms with Gasteiger partial charge in [0, 0.05) is 11.1 Å². The first-order valence-electron chi connectivity index (χ1n) is 11.4. The summed E-state index contributed by atoms with van der Waals surface area (Å²) in [7, 11) is 0. The predicted molar refractivity (Wildman–Crippen MR) is 139 cm³/mol. The van der Waals surface area contributed by atoms with Gasteiger partial charge in [0.25, 0.3) is 0 Å². The summed E-state index contributed by atoms with van der Waals surface area (Å²) >= 11 is 1.37. The van der Waals surface area contributed by atoms with Crippen molar-refractivity contribution in [1.82, 2.24) is 0 Å². The van der Waals surface area contributed by atoms with Crippen molar-refractivity contribution in [2.24, 2.45) is 10.2 Å². The fourth-order valence-corrected chi connectivity index (χ4v) is 5.65. The van der Waals surface area contributed by atoms with Crippen molar-refractivity contribution in [3.63, 3.8) is 0 Å². The van der Waals surface area contributed by atoms with Crippen LogP contribution < -0.4 is 10.0 Å². The van der Waals surface area contributed by atoms with Gasteiger partial charge in [0.2, 0.25) is 10.0 Å². The minimum Gasteiger partial charge on any atom is -0.461 e. The lowest BCUT2D eigenvalue weighted by Crippen LogP contribution is -2.54. The molecule has 3 aromatic carbocycles. The van der Waals surface area contributed by atoms with Crippen LogP contribution in [-0.2, 0) is 14.5 Å². The van der Waals surface area contributed by atoms with Crippen molar-refractivity contribution < 1.29 is 9.53 Å². The molecule has 34 heavy (non-hydrogen) atoms. The number of aryl methyl sites for hydroxylation is 1. The molecule has 0 radical (unpaired) electrons. The summed E-state index contributed by atoms with van der Waals surface area (Å²) in [5, 5.41) is 14.2. The molecule has 1 spiro atoms. The van der Waals surface area contributed by atoms with E-state index in [1.54, 1.807) is 6.92 Å². The summed E-state index contributed by atoms with van der Waals surface area (Å²) in [6.07, 6.45) is 0.775. The van der Waals surface area contributed by atoms with Crippen LogP contribution in [-0.4, -0.2) is 23.3 Å². The Bertz CT molecular complexity index is 1290. The minimum atomic E-state index is -0.938. The molecule has 2 aliphatic heterocycles. The third-order valence-electron chi connectivity index (χ3n) is 5.85. The van der Waals surface area contributed by atoms with E-state index in [-0.39, 0.29) is 6.61 Å². The zero-order valence-corrected chi connectivity index (χ0v) is 20.2. The van der Waals surface area contributed by atoms with Gasteiger partial charge in [-0.2, -0.15) is 10.2 Å². The molecule has 0 amide bonds. The van der Waals surface area contributed by atoms with Crippen molar-refractivity contribution in [3.05, 3.63) is 95.6 Å². The van der Waals surface area contributed by atoms with Gasteiger partial charge in [-0.25, -0.2) is 14.8 Å². The van der Waals surface area contributed by atoms with E-state index < -0.39 is 11.0 Å². The molecule has 3 aromatic rings. The number of hydrogen-bond donors (Lipinski definition) is 0. The lowest BCUT2D eigenvalue weighted by molar-refractivity contribution is -0.134. The van der Waals surface area contributed by atoms with Crippen LogP contribution >= 0.6 is 11.8 Å². The number of para-hydroxylation sites is 1. The number of carbonyl (C=O) groups excluding carboxylic acids is 1. The number of hydrazone groups is 2. The summed E-state index contributed by atoms with van der Waals surface area (Å²) in [6.45, 7) is 6.24. The molecule has 0 aromatic heterocycles. The quantitative estimate of drug-likeness (QED) is 0.437. The van der Waals surface area contributed by atoms with E-state index in [2.05, 4.69) is 25.1 Å². The summed E-state index contributed by atoms with van der Waals surface area (Å²) in [6, 6.07) is 26.4. The Hall–Kier alpha value is -3.58. The summed E-state index contributed by atoms with van der Waals surface area (Å²) in [5.41, 5.74) is 5.96. The minimum absolute atomic E-state index is 0.285. The normalized spacial score (nSPS) is 19.0.